The summed E-state index contributed by atoms with van der Waals surface area (Å²) in [4.78, 5) is 14.5. The van der Waals surface area contributed by atoms with Crippen LogP contribution in [0.2, 0.25) is 0 Å². The standard InChI is InChI=1S/C17H28N2O2S/c1-13-9-19(10-14(2)21-13)17(3,4)12-18-16(20)6-5-15-7-8-22-11-15/h7-8,11,13-14H,5-6,9-10,12H2,1-4H3,(H,18,20)/t13-,14-/m0/s1. The molecule has 1 aliphatic rings. The van der Waals surface area contributed by atoms with Crippen molar-refractivity contribution in [2.24, 2.45) is 0 Å². The minimum Gasteiger partial charge on any atom is -0.373 e. The number of ether oxygens (including phenoxy) is 1. The highest BCUT2D eigenvalue weighted by Crippen LogP contribution is 2.20. The second-order valence-electron chi connectivity index (χ2n) is 6.88. The predicted octanol–water partition coefficient (Wildman–Crippen LogP) is 2.68. The molecule has 0 saturated carbocycles. The summed E-state index contributed by atoms with van der Waals surface area (Å²) in [6.45, 7) is 11.1. The van der Waals surface area contributed by atoms with Crippen molar-refractivity contribution in [2.45, 2.75) is 58.3 Å². The Hall–Kier alpha value is -0.910. The molecule has 1 aliphatic heterocycles. The monoisotopic (exact) mass is 324 g/mol. The summed E-state index contributed by atoms with van der Waals surface area (Å²) in [5.74, 6) is 0.133. The largest absolute Gasteiger partial charge is 0.373 e. The fourth-order valence-electron chi connectivity index (χ4n) is 2.88. The smallest absolute Gasteiger partial charge is 0.220 e. The Morgan fingerprint density at radius 1 is 1.41 bits per heavy atom. The first-order chi connectivity index (χ1) is 10.4. The van der Waals surface area contributed by atoms with E-state index in [4.69, 9.17) is 4.74 Å². The molecule has 0 aliphatic carbocycles. The minimum atomic E-state index is -0.0512. The molecule has 0 unspecified atom stereocenters. The molecule has 0 radical (unpaired) electrons. The molecule has 0 spiro atoms. The molecule has 2 rings (SSSR count). The maximum Gasteiger partial charge on any atom is 0.220 e. The zero-order valence-electron chi connectivity index (χ0n) is 14.1. The molecule has 0 aromatic carbocycles. The Balaban J connectivity index is 1.77. The zero-order chi connectivity index (χ0) is 16.2. The number of carbonyl (C=O) groups excluding carboxylic acids is 1. The number of nitrogens with one attached hydrogen (secondary N) is 1. The topological polar surface area (TPSA) is 41.6 Å². The summed E-state index contributed by atoms with van der Waals surface area (Å²) in [7, 11) is 0. The molecule has 124 valence electrons. The maximum atomic E-state index is 12.0. The Morgan fingerprint density at radius 2 is 2.09 bits per heavy atom. The Bertz CT molecular complexity index is 463. The summed E-state index contributed by atoms with van der Waals surface area (Å²) in [5.41, 5.74) is 1.19. The van der Waals surface area contributed by atoms with E-state index in [9.17, 15) is 4.79 Å². The molecule has 22 heavy (non-hydrogen) atoms. The van der Waals surface area contributed by atoms with Crippen LogP contribution in [0, 0.1) is 0 Å². The van der Waals surface area contributed by atoms with Crippen molar-refractivity contribution in [3.63, 3.8) is 0 Å². The van der Waals surface area contributed by atoms with Crippen molar-refractivity contribution in [2.75, 3.05) is 19.6 Å². The Kier molecular flexibility index (Phi) is 6.01. The predicted molar refractivity (Wildman–Crippen MR) is 91.3 cm³/mol. The summed E-state index contributed by atoms with van der Waals surface area (Å²) in [6, 6.07) is 2.08. The lowest BCUT2D eigenvalue weighted by Gasteiger charge is -2.45. The van der Waals surface area contributed by atoms with Crippen molar-refractivity contribution in [1.29, 1.82) is 0 Å². The molecule has 1 aromatic heterocycles. The number of aryl methyl sites for hydroxylation is 1. The highest BCUT2D eigenvalue weighted by atomic mass is 32.1. The Labute approximate surface area is 137 Å². The third-order valence-electron chi connectivity index (χ3n) is 4.21. The first-order valence-corrected chi connectivity index (χ1v) is 8.99. The van der Waals surface area contributed by atoms with Crippen molar-refractivity contribution in [3.8, 4) is 0 Å². The average Bonchev–Trinajstić information content (AvgIpc) is 2.95. The molecule has 5 heteroatoms. The van der Waals surface area contributed by atoms with Gasteiger partial charge in [-0.2, -0.15) is 11.3 Å². The summed E-state index contributed by atoms with van der Waals surface area (Å²) in [5, 5.41) is 7.25. The summed E-state index contributed by atoms with van der Waals surface area (Å²) < 4.78 is 5.79. The van der Waals surface area contributed by atoms with E-state index >= 15 is 0 Å². The first kappa shape index (κ1) is 17.4. The lowest BCUT2D eigenvalue weighted by Crippen LogP contribution is -2.58. The van der Waals surface area contributed by atoms with Crippen molar-refractivity contribution >= 4 is 17.2 Å². The van der Waals surface area contributed by atoms with Gasteiger partial charge < -0.3 is 10.1 Å². The van der Waals surface area contributed by atoms with E-state index in [1.807, 2.05) is 0 Å². The SMILES string of the molecule is C[C@H]1CN(C(C)(C)CNC(=O)CCc2ccsc2)C[C@H](C)O1. The average molecular weight is 324 g/mol. The molecule has 4 nitrogen and oxygen atoms in total. The van der Waals surface area contributed by atoms with Gasteiger partial charge in [-0.3, -0.25) is 9.69 Å². The molecule has 1 fully saturated rings. The molecule has 2 atom stereocenters. The van der Waals surface area contributed by atoms with E-state index < -0.39 is 0 Å². The number of hydrogen-bond donors (Lipinski definition) is 1. The van der Waals surface area contributed by atoms with Crippen LogP contribution in [0.4, 0.5) is 0 Å². The highest BCUT2D eigenvalue weighted by molar-refractivity contribution is 7.07. The van der Waals surface area contributed by atoms with Crippen LogP contribution >= 0.6 is 11.3 Å². The minimum absolute atomic E-state index is 0.0512. The molecular formula is C17H28N2O2S. The van der Waals surface area contributed by atoms with Crippen LogP contribution in [0.3, 0.4) is 0 Å². The van der Waals surface area contributed by atoms with Crippen LogP contribution in [-0.2, 0) is 16.0 Å². The van der Waals surface area contributed by atoms with Crippen LogP contribution in [0.15, 0.2) is 16.8 Å². The first-order valence-electron chi connectivity index (χ1n) is 8.05. The van der Waals surface area contributed by atoms with Crippen molar-refractivity contribution < 1.29 is 9.53 Å². The quantitative estimate of drug-likeness (QED) is 0.875. The number of rotatable bonds is 6. The van der Waals surface area contributed by atoms with Gasteiger partial charge in [0.2, 0.25) is 5.91 Å². The van der Waals surface area contributed by atoms with E-state index in [-0.39, 0.29) is 23.7 Å². The third-order valence-corrected chi connectivity index (χ3v) is 4.95. The van der Waals surface area contributed by atoms with Crippen molar-refractivity contribution in [1.82, 2.24) is 10.2 Å². The molecule has 0 bridgehead atoms. The van der Waals surface area contributed by atoms with Crippen molar-refractivity contribution in [3.05, 3.63) is 22.4 Å². The Morgan fingerprint density at radius 3 is 2.68 bits per heavy atom. The molecular weight excluding hydrogens is 296 g/mol. The van der Waals surface area contributed by atoms with Gasteiger partial charge >= 0.3 is 0 Å². The van der Waals surface area contributed by atoms with Gasteiger partial charge in [0.15, 0.2) is 0 Å². The van der Waals surface area contributed by atoms with Gasteiger partial charge in [-0.05, 0) is 56.5 Å². The van der Waals surface area contributed by atoms with E-state index in [2.05, 4.69) is 54.7 Å². The lowest BCUT2D eigenvalue weighted by atomic mass is 10.00. The summed E-state index contributed by atoms with van der Waals surface area (Å²) in [6.07, 6.45) is 1.87. The molecule has 1 amide bonds. The van der Waals surface area contributed by atoms with E-state index in [1.54, 1.807) is 11.3 Å². The number of thiophene rings is 1. The number of carbonyl (C=O) groups is 1. The second-order valence-corrected chi connectivity index (χ2v) is 7.66. The van der Waals surface area contributed by atoms with Crippen LogP contribution in [0.1, 0.15) is 39.7 Å². The van der Waals surface area contributed by atoms with Crippen LogP contribution in [0.5, 0.6) is 0 Å². The van der Waals surface area contributed by atoms with Crippen LogP contribution in [-0.4, -0.2) is 48.2 Å². The normalized spacial score (nSPS) is 23.5. The van der Waals surface area contributed by atoms with Gasteiger partial charge in [0.25, 0.3) is 0 Å². The zero-order valence-corrected chi connectivity index (χ0v) is 14.9. The molecule has 1 N–H and O–H groups in total. The molecule has 1 aromatic rings. The fraction of sp³-hybridized carbons (Fsp3) is 0.706. The fourth-order valence-corrected chi connectivity index (χ4v) is 3.58. The molecule has 1 saturated heterocycles. The van der Waals surface area contributed by atoms with Gasteiger partial charge in [-0.25, -0.2) is 0 Å². The molecule has 2 heterocycles. The van der Waals surface area contributed by atoms with Crippen LogP contribution in [0.25, 0.3) is 0 Å². The van der Waals surface area contributed by atoms with Gasteiger partial charge in [0.1, 0.15) is 0 Å². The lowest BCUT2D eigenvalue weighted by molar-refractivity contribution is -0.122. The van der Waals surface area contributed by atoms with Gasteiger partial charge in [0, 0.05) is 31.6 Å². The van der Waals surface area contributed by atoms with E-state index in [0.29, 0.717) is 13.0 Å². The van der Waals surface area contributed by atoms with E-state index in [0.717, 1.165) is 19.5 Å². The van der Waals surface area contributed by atoms with Gasteiger partial charge in [-0.15, -0.1) is 0 Å². The van der Waals surface area contributed by atoms with Gasteiger partial charge in [-0.1, -0.05) is 0 Å². The van der Waals surface area contributed by atoms with Gasteiger partial charge in [0.05, 0.1) is 12.2 Å². The highest BCUT2D eigenvalue weighted by Gasteiger charge is 2.33. The number of amides is 1. The number of nitrogens with zero attached hydrogens (tertiary/aromatic N) is 1. The third kappa shape index (κ3) is 5.07. The second kappa shape index (κ2) is 7.57. The number of hydrogen-bond acceptors (Lipinski definition) is 4. The van der Waals surface area contributed by atoms with Crippen LogP contribution < -0.4 is 5.32 Å². The maximum absolute atomic E-state index is 12.0. The number of morpholine rings is 1. The van der Waals surface area contributed by atoms with E-state index in [1.165, 1.54) is 5.56 Å². The summed E-state index contributed by atoms with van der Waals surface area (Å²) >= 11 is 1.68.